The second kappa shape index (κ2) is 3.61. The van der Waals surface area contributed by atoms with Gasteiger partial charge in [0, 0.05) is 6.04 Å². The smallest absolute Gasteiger partial charge is 0.322 e. The van der Waals surface area contributed by atoms with Crippen molar-refractivity contribution in [3.63, 3.8) is 0 Å². The molecule has 0 unspecified atom stereocenters. The topological polar surface area (TPSA) is 74.7 Å². The first-order chi connectivity index (χ1) is 7.02. The number of aliphatic carboxylic acids is 1. The Morgan fingerprint density at radius 2 is 2.07 bits per heavy atom. The third-order valence-corrected chi connectivity index (χ3v) is 4.74. The summed E-state index contributed by atoms with van der Waals surface area (Å²) >= 11 is 0. The van der Waals surface area contributed by atoms with Crippen LogP contribution in [0.5, 0.6) is 0 Å². The lowest BCUT2D eigenvalue weighted by Crippen LogP contribution is -2.44. The lowest BCUT2D eigenvalue weighted by Gasteiger charge is -2.24. The summed E-state index contributed by atoms with van der Waals surface area (Å²) in [5.41, 5.74) is 0. The van der Waals surface area contributed by atoms with Crippen LogP contribution in [-0.2, 0) is 14.8 Å². The summed E-state index contributed by atoms with van der Waals surface area (Å²) in [4.78, 5) is 10.9. The molecule has 0 bridgehead atoms. The fraction of sp³-hybridized carbons (Fsp3) is 0.667. The molecule has 0 saturated carbocycles. The third kappa shape index (κ3) is 1.79. The van der Waals surface area contributed by atoms with Gasteiger partial charge < -0.3 is 5.11 Å². The van der Waals surface area contributed by atoms with Crippen LogP contribution in [0.25, 0.3) is 0 Å². The Hall–Kier alpha value is -0.880. The number of nitrogens with zero attached hydrogens (tertiary/aromatic N) is 1. The highest BCUT2D eigenvalue weighted by molar-refractivity contribution is 7.89. The average molecular weight is 231 g/mol. The van der Waals surface area contributed by atoms with Gasteiger partial charge in [0.15, 0.2) is 0 Å². The molecule has 2 rings (SSSR count). The Balaban J connectivity index is 2.37. The number of rotatable bonds is 1. The molecule has 0 aromatic heterocycles. The normalized spacial score (nSPS) is 34.7. The van der Waals surface area contributed by atoms with Crippen LogP contribution in [0.1, 0.15) is 19.3 Å². The minimum atomic E-state index is -3.43. The molecule has 0 amide bonds. The standard InChI is InChI=1S/C9H13NO4S/c11-9(12)8-5-4-7-3-1-2-6-15(13,14)10(7)8/h1-2,7-8H,3-6H2,(H,11,12)/t7-,8-/m0/s1. The van der Waals surface area contributed by atoms with Gasteiger partial charge in [-0.3, -0.25) is 4.79 Å². The molecular weight excluding hydrogens is 218 g/mol. The van der Waals surface area contributed by atoms with E-state index in [0.29, 0.717) is 19.3 Å². The van der Waals surface area contributed by atoms with Gasteiger partial charge in [0.25, 0.3) is 0 Å². The van der Waals surface area contributed by atoms with E-state index >= 15 is 0 Å². The van der Waals surface area contributed by atoms with Crippen molar-refractivity contribution in [2.45, 2.75) is 31.3 Å². The SMILES string of the molecule is O=C(O)[C@@H]1CC[C@@H]2CC=CCS(=O)(=O)N21. The minimum absolute atomic E-state index is 0.0761. The maximum Gasteiger partial charge on any atom is 0.322 e. The van der Waals surface area contributed by atoms with Crippen molar-refractivity contribution in [2.24, 2.45) is 0 Å². The lowest BCUT2D eigenvalue weighted by atomic mass is 10.1. The van der Waals surface area contributed by atoms with Gasteiger partial charge in [0.1, 0.15) is 6.04 Å². The van der Waals surface area contributed by atoms with Crippen LogP contribution in [0.4, 0.5) is 0 Å². The molecule has 5 nitrogen and oxygen atoms in total. The second-order valence-electron chi connectivity index (χ2n) is 3.90. The minimum Gasteiger partial charge on any atom is -0.480 e. The monoisotopic (exact) mass is 231 g/mol. The van der Waals surface area contributed by atoms with Crippen molar-refractivity contribution >= 4 is 16.0 Å². The summed E-state index contributed by atoms with van der Waals surface area (Å²) in [5, 5.41) is 8.95. The zero-order valence-corrected chi connectivity index (χ0v) is 8.98. The summed E-state index contributed by atoms with van der Waals surface area (Å²) in [5.74, 6) is -1.12. The Bertz CT molecular complexity index is 400. The molecule has 1 N–H and O–H groups in total. The zero-order valence-electron chi connectivity index (χ0n) is 8.17. The molecule has 2 aliphatic rings. The summed E-state index contributed by atoms with van der Waals surface area (Å²) < 4.78 is 24.8. The van der Waals surface area contributed by atoms with Crippen molar-refractivity contribution in [2.75, 3.05) is 5.75 Å². The molecule has 1 fully saturated rings. The third-order valence-electron chi connectivity index (χ3n) is 2.93. The lowest BCUT2D eigenvalue weighted by molar-refractivity contribution is -0.140. The van der Waals surface area contributed by atoms with Crippen molar-refractivity contribution in [3.05, 3.63) is 12.2 Å². The van der Waals surface area contributed by atoms with Gasteiger partial charge in [0.2, 0.25) is 10.0 Å². The van der Waals surface area contributed by atoms with E-state index < -0.39 is 22.0 Å². The highest BCUT2D eigenvalue weighted by Crippen LogP contribution is 2.31. The largest absolute Gasteiger partial charge is 0.480 e. The highest BCUT2D eigenvalue weighted by Gasteiger charge is 2.44. The van der Waals surface area contributed by atoms with Gasteiger partial charge in [-0.1, -0.05) is 12.2 Å². The fourth-order valence-electron chi connectivity index (χ4n) is 2.26. The number of hydrogen-bond acceptors (Lipinski definition) is 3. The van der Waals surface area contributed by atoms with E-state index in [1.807, 2.05) is 6.08 Å². The summed E-state index contributed by atoms with van der Waals surface area (Å²) in [6, 6.07) is -1.02. The van der Waals surface area contributed by atoms with Crippen LogP contribution in [0.15, 0.2) is 12.2 Å². The number of carboxylic acid groups (broad SMARTS) is 1. The van der Waals surface area contributed by atoms with Crippen LogP contribution < -0.4 is 0 Å². The van der Waals surface area contributed by atoms with Crippen LogP contribution in [0, 0.1) is 0 Å². The molecule has 0 spiro atoms. The van der Waals surface area contributed by atoms with Crippen molar-refractivity contribution in [3.8, 4) is 0 Å². The van der Waals surface area contributed by atoms with Gasteiger partial charge in [-0.25, -0.2) is 8.42 Å². The van der Waals surface area contributed by atoms with E-state index in [2.05, 4.69) is 0 Å². The van der Waals surface area contributed by atoms with E-state index in [0.717, 1.165) is 0 Å². The molecule has 0 aromatic carbocycles. The molecule has 0 aliphatic carbocycles. The summed E-state index contributed by atoms with van der Waals surface area (Å²) in [6.45, 7) is 0. The van der Waals surface area contributed by atoms with Crippen molar-refractivity contribution < 1.29 is 18.3 Å². The Morgan fingerprint density at radius 1 is 1.33 bits per heavy atom. The van der Waals surface area contributed by atoms with E-state index in [-0.39, 0.29) is 11.8 Å². The number of sulfonamides is 1. The van der Waals surface area contributed by atoms with Crippen LogP contribution in [0.3, 0.4) is 0 Å². The molecule has 0 radical (unpaired) electrons. The number of fused-ring (bicyclic) bond motifs is 1. The first kappa shape index (κ1) is 10.6. The van der Waals surface area contributed by atoms with Gasteiger partial charge in [0.05, 0.1) is 5.75 Å². The maximum absolute atomic E-state index is 11.8. The quantitative estimate of drug-likeness (QED) is 0.654. The van der Waals surface area contributed by atoms with E-state index in [1.165, 1.54) is 4.31 Å². The molecule has 1 saturated heterocycles. The van der Waals surface area contributed by atoms with E-state index in [9.17, 15) is 13.2 Å². The number of hydrogen-bond donors (Lipinski definition) is 1. The number of carboxylic acids is 1. The molecule has 84 valence electrons. The molecule has 2 atom stereocenters. The summed E-state index contributed by atoms with van der Waals surface area (Å²) in [6.07, 6.45) is 5.12. The average Bonchev–Trinajstić information content (AvgIpc) is 2.51. The predicted octanol–water partition coefficient (Wildman–Crippen LogP) is 0.194. The fourth-order valence-corrected chi connectivity index (χ4v) is 4.04. The number of carbonyl (C=O) groups is 1. The first-order valence-corrected chi connectivity index (χ1v) is 6.52. The molecule has 6 heteroatoms. The molecule has 2 aliphatic heterocycles. The van der Waals surface area contributed by atoms with Gasteiger partial charge >= 0.3 is 5.97 Å². The Morgan fingerprint density at radius 3 is 2.73 bits per heavy atom. The van der Waals surface area contributed by atoms with Gasteiger partial charge in [-0.05, 0) is 19.3 Å². The van der Waals surface area contributed by atoms with Gasteiger partial charge in [-0.15, -0.1) is 0 Å². The first-order valence-electron chi connectivity index (χ1n) is 4.91. The summed E-state index contributed by atoms with van der Waals surface area (Å²) in [7, 11) is -3.43. The highest BCUT2D eigenvalue weighted by atomic mass is 32.2. The zero-order chi connectivity index (χ0) is 11.1. The van der Waals surface area contributed by atoms with Crippen LogP contribution in [-0.4, -0.2) is 41.6 Å². The Labute approximate surface area is 88.4 Å². The molecule has 15 heavy (non-hydrogen) atoms. The van der Waals surface area contributed by atoms with Gasteiger partial charge in [-0.2, -0.15) is 4.31 Å². The Kier molecular flexibility index (Phi) is 2.56. The molecular formula is C9H13NO4S. The predicted molar refractivity (Wildman–Crippen MR) is 53.8 cm³/mol. The van der Waals surface area contributed by atoms with E-state index in [4.69, 9.17) is 5.11 Å². The molecule has 0 aromatic rings. The van der Waals surface area contributed by atoms with Crippen LogP contribution in [0.2, 0.25) is 0 Å². The second-order valence-corrected chi connectivity index (χ2v) is 5.82. The van der Waals surface area contributed by atoms with Crippen molar-refractivity contribution in [1.29, 1.82) is 0 Å². The molecule has 2 heterocycles. The maximum atomic E-state index is 11.8. The van der Waals surface area contributed by atoms with Crippen LogP contribution >= 0.6 is 0 Å². The van der Waals surface area contributed by atoms with Crippen molar-refractivity contribution in [1.82, 2.24) is 4.31 Å². The van der Waals surface area contributed by atoms with E-state index in [1.54, 1.807) is 6.08 Å².